The van der Waals surface area contributed by atoms with Crippen LogP contribution in [0, 0.1) is 5.92 Å². The first-order valence-corrected chi connectivity index (χ1v) is 5.29. The minimum atomic E-state index is 0.968. The number of nitrogens with one attached hydrogen (secondary N) is 2. The van der Waals surface area contributed by atoms with Crippen LogP contribution in [0.1, 0.15) is 32.1 Å². The van der Waals surface area contributed by atoms with Crippen molar-refractivity contribution in [1.29, 1.82) is 0 Å². The van der Waals surface area contributed by atoms with Crippen molar-refractivity contribution in [2.45, 2.75) is 32.1 Å². The molecule has 0 bridgehead atoms. The first kappa shape index (κ1) is 10.0. The van der Waals surface area contributed by atoms with E-state index in [1.165, 1.54) is 51.7 Å². The maximum Gasteiger partial charge on any atom is -0.00205 e. The van der Waals surface area contributed by atoms with Gasteiger partial charge in [0.15, 0.2) is 0 Å². The van der Waals surface area contributed by atoms with Gasteiger partial charge in [-0.25, -0.2) is 0 Å². The summed E-state index contributed by atoms with van der Waals surface area (Å²) >= 11 is 0. The van der Waals surface area contributed by atoms with E-state index in [2.05, 4.69) is 10.6 Å². The SMILES string of the molecule is CNCCCC[C@@H]1CCCNC1. The Hall–Kier alpha value is -0.0800. The van der Waals surface area contributed by atoms with Gasteiger partial charge in [0.25, 0.3) is 0 Å². The van der Waals surface area contributed by atoms with Crippen molar-refractivity contribution in [1.82, 2.24) is 10.6 Å². The van der Waals surface area contributed by atoms with Crippen LogP contribution in [0.4, 0.5) is 0 Å². The topological polar surface area (TPSA) is 24.1 Å². The van der Waals surface area contributed by atoms with Crippen LogP contribution < -0.4 is 10.6 Å². The lowest BCUT2D eigenvalue weighted by Gasteiger charge is -2.22. The van der Waals surface area contributed by atoms with Crippen LogP contribution in [0.25, 0.3) is 0 Å². The van der Waals surface area contributed by atoms with Gasteiger partial charge >= 0.3 is 0 Å². The molecule has 0 aromatic rings. The zero-order valence-electron chi connectivity index (χ0n) is 8.23. The third-order valence-electron chi connectivity index (χ3n) is 2.69. The van der Waals surface area contributed by atoms with E-state index >= 15 is 0 Å². The molecule has 1 aliphatic rings. The minimum absolute atomic E-state index is 0.968. The molecule has 1 atom stereocenters. The lowest BCUT2D eigenvalue weighted by molar-refractivity contribution is 0.347. The molecule has 2 nitrogen and oxygen atoms in total. The summed E-state index contributed by atoms with van der Waals surface area (Å²) in [4.78, 5) is 0. The molecule has 12 heavy (non-hydrogen) atoms. The van der Waals surface area contributed by atoms with Crippen molar-refractivity contribution in [2.75, 3.05) is 26.7 Å². The summed E-state index contributed by atoms with van der Waals surface area (Å²) in [6.07, 6.45) is 7.00. The van der Waals surface area contributed by atoms with Gasteiger partial charge in [-0.1, -0.05) is 6.42 Å². The first-order valence-electron chi connectivity index (χ1n) is 5.29. The summed E-state index contributed by atoms with van der Waals surface area (Å²) in [5.74, 6) is 0.968. The summed E-state index contributed by atoms with van der Waals surface area (Å²) in [5.41, 5.74) is 0. The quantitative estimate of drug-likeness (QED) is 0.609. The summed E-state index contributed by atoms with van der Waals surface area (Å²) in [6.45, 7) is 3.69. The predicted octanol–water partition coefficient (Wildman–Crippen LogP) is 1.38. The molecule has 1 heterocycles. The first-order chi connectivity index (χ1) is 5.93. The second kappa shape index (κ2) is 6.44. The molecule has 1 rings (SSSR count). The Morgan fingerprint density at radius 3 is 3.00 bits per heavy atom. The number of hydrogen-bond donors (Lipinski definition) is 2. The third-order valence-corrected chi connectivity index (χ3v) is 2.69. The largest absolute Gasteiger partial charge is 0.320 e. The monoisotopic (exact) mass is 170 g/mol. The fraction of sp³-hybridized carbons (Fsp3) is 1.00. The highest BCUT2D eigenvalue weighted by Crippen LogP contribution is 2.16. The van der Waals surface area contributed by atoms with Crippen LogP contribution in [0.5, 0.6) is 0 Å². The Kier molecular flexibility index (Phi) is 5.37. The van der Waals surface area contributed by atoms with Crippen molar-refractivity contribution < 1.29 is 0 Å². The molecule has 0 aromatic heterocycles. The zero-order valence-corrected chi connectivity index (χ0v) is 8.23. The van der Waals surface area contributed by atoms with Gasteiger partial charge in [-0.15, -0.1) is 0 Å². The molecule has 0 radical (unpaired) electrons. The Balaban J connectivity index is 1.91. The van der Waals surface area contributed by atoms with Crippen LogP contribution in [0.2, 0.25) is 0 Å². The van der Waals surface area contributed by atoms with E-state index in [1.807, 2.05) is 7.05 Å². The fourth-order valence-corrected chi connectivity index (χ4v) is 1.91. The smallest absolute Gasteiger partial charge is 0.00205 e. The standard InChI is InChI=1S/C10H22N2/c1-11-7-3-2-5-10-6-4-8-12-9-10/h10-12H,2-9H2,1H3/t10-/m1/s1. The average molecular weight is 170 g/mol. The van der Waals surface area contributed by atoms with E-state index in [1.54, 1.807) is 0 Å². The molecule has 0 aliphatic carbocycles. The fourth-order valence-electron chi connectivity index (χ4n) is 1.91. The molecule has 1 fully saturated rings. The van der Waals surface area contributed by atoms with E-state index in [4.69, 9.17) is 0 Å². The van der Waals surface area contributed by atoms with Crippen LogP contribution >= 0.6 is 0 Å². The zero-order chi connectivity index (χ0) is 8.65. The number of hydrogen-bond acceptors (Lipinski definition) is 2. The number of piperidine rings is 1. The molecule has 2 heteroatoms. The van der Waals surface area contributed by atoms with E-state index in [0.29, 0.717) is 0 Å². The normalized spacial score (nSPS) is 24.2. The third kappa shape index (κ3) is 4.07. The van der Waals surface area contributed by atoms with Gasteiger partial charge in [0.1, 0.15) is 0 Å². The number of rotatable bonds is 5. The van der Waals surface area contributed by atoms with Crippen LogP contribution in [0.3, 0.4) is 0 Å². The van der Waals surface area contributed by atoms with E-state index in [-0.39, 0.29) is 0 Å². The molecule has 0 saturated carbocycles. The summed E-state index contributed by atoms with van der Waals surface area (Å²) in [6, 6.07) is 0. The van der Waals surface area contributed by atoms with Crippen molar-refractivity contribution in [3.63, 3.8) is 0 Å². The van der Waals surface area contributed by atoms with Gasteiger partial charge in [-0.3, -0.25) is 0 Å². The van der Waals surface area contributed by atoms with Gasteiger partial charge < -0.3 is 10.6 Å². The van der Waals surface area contributed by atoms with Crippen molar-refractivity contribution in [3.05, 3.63) is 0 Å². The van der Waals surface area contributed by atoms with E-state index in [0.717, 1.165) is 5.92 Å². The van der Waals surface area contributed by atoms with Crippen LogP contribution in [0.15, 0.2) is 0 Å². The molecule has 1 saturated heterocycles. The van der Waals surface area contributed by atoms with Crippen LogP contribution in [-0.2, 0) is 0 Å². The van der Waals surface area contributed by atoms with Gasteiger partial charge in [0.05, 0.1) is 0 Å². The Morgan fingerprint density at radius 1 is 1.42 bits per heavy atom. The highest BCUT2D eigenvalue weighted by molar-refractivity contribution is 4.68. The van der Waals surface area contributed by atoms with Gasteiger partial charge in [0.2, 0.25) is 0 Å². The van der Waals surface area contributed by atoms with Crippen molar-refractivity contribution in [2.24, 2.45) is 5.92 Å². The maximum absolute atomic E-state index is 3.46. The molecule has 72 valence electrons. The lowest BCUT2D eigenvalue weighted by Crippen LogP contribution is -2.29. The molecule has 0 spiro atoms. The second-order valence-electron chi connectivity index (χ2n) is 3.81. The minimum Gasteiger partial charge on any atom is -0.320 e. The highest BCUT2D eigenvalue weighted by atomic mass is 14.9. The summed E-state index contributed by atoms with van der Waals surface area (Å²) < 4.78 is 0. The Morgan fingerprint density at radius 2 is 2.33 bits per heavy atom. The van der Waals surface area contributed by atoms with Crippen molar-refractivity contribution in [3.8, 4) is 0 Å². The Labute approximate surface area is 76.1 Å². The lowest BCUT2D eigenvalue weighted by atomic mass is 9.94. The molecular weight excluding hydrogens is 148 g/mol. The van der Waals surface area contributed by atoms with Crippen LogP contribution in [-0.4, -0.2) is 26.7 Å². The number of unbranched alkanes of at least 4 members (excludes halogenated alkanes) is 1. The highest BCUT2D eigenvalue weighted by Gasteiger charge is 2.11. The van der Waals surface area contributed by atoms with Gasteiger partial charge in [0, 0.05) is 0 Å². The molecule has 0 amide bonds. The molecule has 0 unspecified atom stereocenters. The van der Waals surface area contributed by atoms with Gasteiger partial charge in [-0.2, -0.15) is 0 Å². The molecule has 2 N–H and O–H groups in total. The molecular formula is C10H22N2. The summed E-state index contributed by atoms with van der Waals surface area (Å²) in [7, 11) is 2.03. The maximum atomic E-state index is 3.46. The summed E-state index contributed by atoms with van der Waals surface area (Å²) in [5, 5.41) is 6.65. The van der Waals surface area contributed by atoms with E-state index < -0.39 is 0 Å². The van der Waals surface area contributed by atoms with Crippen molar-refractivity contribution >= 4 is 0 Å². The van der Waals surface area contributed by atoms with E-state index in [9.17, 15) is 0 Å². The Bertz CT molecular complexity index is 98.0. The molecule has 0 aromatic carbocycles. The second-order valence-corrected chi connectivity index (χ2v) is 3.81. The predicted molar refractivity (Wildman–Crippen MR) is 53.4 cm³/mol. The average Bonchev–Trinajstić information content (AvgIpc) is 2.14. The molecule has 1 aliphatic heterocycles. The van der Waals surface area contributed by atoms with Gasteiger partial charge in [-0.05, 0) is 58.3 Å².